The maximum atomic E-state index is 12.7. The highest BCUT2D eigenvalue weighted by Gasteiger charge is 2.27. The number of hydrogen-bond acceptors (Lipinski definition) is 7. The Morgan fingerprint density at radius 1 is 1.05 bits per heavy atom. The predicted octanol–water partition coefficient (Wildman–Crippen LogP) is 5.08. The number of nitrogens with two attached hydrogens (primary N) is 2. The van der Waals surface area contributed by atoms with Gasteiger partial charge in [-0.15, -0.1) is 0 Å². The van der Waals surface area contributed by atoms with E-state index in [-0.39, 0.29) is 5.92 Å². The van der Waals surface area contributed by atoms with Gasteiger partial charge in [-0.25, -0.2) is 9.50 Å². The first-order chi connectivity index (χ1) is 21.0. The highest BCUT2D eigenvalue weighted by molar-refractivity contribution is 5.93. The number of fused-ring (bicyclic) bond motifs is 1. The number of amides is 1. The van der Waals surface area contributed by atoms with Gasteiger partial charge in [-0.1, -0.05) is 42.5 Å². The number of nitrogen functional groups attached to an aromatic ring is 2. The minimum absolute atomic E-state index is 0.177. The van der Waals surface area contributed by atoms with E-state index in [1.165, 1.54) is 6.33 Å². The van der Waals surface area contributed by atoms with Crippen LogP contribution in [0.15, 0.2) is 65.9 Å². The topological polar surface area (TPSA) is 118 Å². The van der Waals surface area contributed by atoms with Crippen molar-refractivity contribution in [2.45, 2.75) is 52.5 Å². The lowest BCUT2D eigenvalue weighted by Crippen LogP contribution is -2.42. The van der Waals surface area contributed by atoms with Crippen LogP contribution in [0.5, 0.6) is 0 Å². The lowest BCUT2D eigenvalue weighted by molar-refractivity contribution is -0.136. The average Bonchev–Trinajstić information content (AvgIpc) is 3.41. The molecule has 0 bridgehead atoms. The molecule has 0 aliphatic carbocycles. The number of unbranched alkanes of at least 4 members (excludes halogenated alkanes) is 1. The summed E-state index contributed by atoms with van der Waals surface area (Å²) in [7, 11) is 0. The molecule has 0 unspecified atom stereocenters. The predicted molar refractivity (Wildman–Crippen MR) is 175 cm³/mol. The van der Waals surface area contributed by atoms with Gasteiger partial charge in [0.1, 0.15) is 11.8 Å². The van der Waals surface area contributed by atoms with Crippen LogP contribution in [0.4, 0.5) is 11.5 Å². The molecule has 5 rings (SSSR count). The van der Waals surface area contributed by atoms with Crippen LogP contribution in [-0.2, 0) is 17.8 Å². The van der Waals surface area contributed by atoms with E-state index in [0.29, 0.717) is 24.0 Å². The zero-order chi connectivity index (χ0) is 30.2. The summed E-state index contributed by atoms with van der Waals surface area (Å²) in [6.07, 6.45) is 8.26. The van der Waals surface area contributed by atoms with Gasteiger partial charge in [0.2, 0.25) is 5.91 Å². The molecule has 2 aromatic heterocycles. The SMILES string of the molecule is CCN(CC)C(=O)C1CCN(CCCCc2cc(-c3ccc(C=NCc4ccccc4)c(N)c3)c3c(N)ncnn23)CC1. The van der Waals surface area contributed by atoms with Crippen LogP contribution < -0.4 is 11.5 Å². The quantitative estimate of drug-likeness (QED) is 0.137. The van der Waals surface area contributed by atoms with E-state index in [1.54, 1.807) is 0 Å². The molecule has 4 aromatic rings. The molecule has 43 heavy (non-hydrogen) atoms. The molecule has 9 heteroatoms. The van der Waals surface area contributed by atoms with E-state index in [1.807, 2.05) is 46.0 Å². The number of carbonyl (C=O) groups excluding carboxylic acids is 1. The summed E-state index contributed by atoms with van der Waals surface area (Å²) in [4.78, 5) is 26.0. The maximum Gasteiger partial charge on any atom is 0.225 e. The van der Waals surface area contributed by atoms with Gasteiger partial charge >= 0.3 is 0 Å². The Morgan fingerprint density at radius 2 is 1.81 bits per heavy atom. The number of nitrogens with zero attached hydrogens (tertiary/aromatic N) is 6. The second kappa shape index (κ2) is 14.3. The number of aryl methyl sites for hydroxylation is 1. The Kier molecular flexibility index (Phi) is 10.0. The molecule has 0 radical (unpaired) electrons. The highest BCUT2D eigenvalue weighted by Crippen LogP contribution is 2.32. The molecule has 0 saturated carbocycles. The third kappa shape index (κ3) is 7.22. The lowest BCUT2D eigenvalue weighted by Gasteiger charge is -2.33. The van der Waals surface area contributed by atoms with Gasteiger partial charge in [0.25, 0.3) is 0 Å². The highest BCUT2D eigenvalue weighted by atomic mass is 16.2. The standard InChI is InChI=1S/C34H44N8O/c1-3-41(4-2)34(43)26-15-18-40(19-16-26)17-9-8-12-29-21-30(32-33(36)38-24-39-42(29)32)27-13-14-28(31(35)20-27)23-37-22-25-10-6-5-7-11-25/h5-7,10-11,13-14,20-21,23-24,26H,3-4,8-9,12,15-19,22,35H2,1-2H3,(H2,36,38,39). The van der Waals surface area contributed by atoms with Crippen molar-refractivity contribution in [3.05, 3.63) is 77.7 Å². The Morgan fingerprint density at radius 3 is 2.53 bits per heavy atom. The van der Waals surface area contributed by atoms with Gasteiger partial charge in [0, 0.05) is 47.7 Å². The Labute approximate surface area is 254 Å². The molecule has 2 aromatic carbocycles. The number of hydrogen-bond donors (Lipinski definition) is 2. The van der Waals surface area contributed by atoms with E-state index < -0.39 is 0 Å². The van der Waals surface area contributed by atoms with E-state index in [2.05, 4.69) is 58.1 Å². The first-order valence-corrected chi connectivity index (χ1v) is 15.5. The van der Waals surface area contributed by atoms with Gasteiger partial charge in [0.15, 0.2) is 5.82 Å². The van der Waals surface area contributed by atoms with Gasteiger partial charge in [-0.05, 0) is 88.8 Å². The molecular weight excluding hydrogens is 536 g/mol. The molecular formula is C34H44N8O. The fourth-order valence-electron chi connectivity index (χ4n) is 6.06. The van der Waals surface area contributed by atoms with Crippen LogP contribution >= 0.6 is 0 Å². The summed E-state index contributed by atoms with van der Waals surface area (Å²) in [5.41, 5.74) is 19.4. The minimum atomic E-state index is 0.177. The largest absolute Gasteiger partial charge is 0.398 e. The first kappa shape index (κ1) is 30.2. The third-order valence-corrected chi connectivity index (χ3v) is 8.57. The summed E-state index contributed by atoms with van der Waals surface area (Å²) in [5.74, 6) is 0.955. The van der Waals surface area contributed by atoms with Crippen molar-refractivity contribution in [2.75, 3.05) is 44.2 Å². The summed E-state index contributed by atoms with van der Waals surface area (Å²) in [6, 6.07) is 18.4. The molecule has 3 heterocycles. The molecule has 1 aliphatic rings. The third-order valence-electron chi connectivity index (χ3n) is 8.57. The van der Waals surface area contributed by atoms with Crippen molar-refractivity contribution in [3.8, 4) is 11.1 Å². The average molecular weight is 581 g/mol. The van der Waals surface area contributed by atoms with Crippen molar-refractivity contribution in [2.24, 2.45) is 10.9 Å². The molecule has 9 nitrogen and oxygen atoms in total. The summed E-state index contributed by atoms with van der Waals surface area (Å²) < 4.78 is 1.92. The number of benzene rings is 2. The normalized spacial score (nSPS) is 14.6. The Hall–Kier alpha value is -4.24. The van der Waals surface area contributed by atoms with Crippen LogP contribution in [0.25, 0.3) is 16.6 Å². The fraction of sp³-hybridized carbons (Fsp3) is 0.412. The number of anilines is 2. The zero-order valence-corrected chi connectivity index (χ0v) is 25.5. The second-order valence-electron chi connectivity index (χ2n) is 11.3. The fourth-order valence-corrected chi connectivity index (χ4v) is 6.06. The first-order valence-electron chi connectivity index (χ1n) is 15.5. The van der Waals surface area contributed by atoms with E-state index in [9.17, 15) is 4.79 Å². The number of aromatic nitrogens is 3. The van der Waals surface area contributed by atoms with Crippen molar-refractivity contribution in [1.82, 2.24) is 24.4 Å². The molecule has 1 amide bonds. The minimum Gasteiger partial charge on any atom is -0.398 e. The Bertz CT molecular complexity index is 1540. The monoisotopic (exact) mass is 580 g/mol. The number of likely N-dealkylation sites (tertiary alicyclic amines) is 1. The van der Waals surface area contributed by atoms with E-state index in [4.69, 9.17) is 11.5 Å². The van der Waals surface area contributed by atoms with E-state index >= 15 is 0 Å². The second-order valence-corrected chi connectivity index (χ2v) is 11.3. The van der Waals surface area contributed by atoms with Crippen molar-refractivity contribution in [3.63, 3.8) is 0 Å². The van der Waals surface area contributed by atoms with Crippen molar-refractivity contribution >= 4 is 29.1 Å². The molecule has 0 atom stereocenters. The lowest BCUT2D eigenvalue weighted by atomic mass is 9.95. The maximum absolute atomic E-state index is 12.7. The van der Waals surface area contributed by atoms with Gasteiger partial charge in [-0.3, -0.25) is 9.79 Å². The summed E-state index contributed by atoms with van der Waals surface area (Å²) in [6.45, 7) is 9.35. The molecule has 1 aliphatic heterocycles. The smallest absolute Gasteiger partial charge is 0.225 e. The molecule has 1 saturated heterocycles. The van der Waals surface area contributed by atoms with Gasteiger partial charge < -0.3 is 21.3 Å². The van der Waals surface area contributed by atoms with Crippen LogP contribution in [0.2, 0.25) is 0 Å². The number of rotatable bonds is 12. The van der Waals surface area contributed by atoms with Gasteiger partial charge in [-0.2, -0.15) is 5.10 Å². The number of piperidine rings is 1. The molecule has 1 fully saturated rings. The van der Waals surface area contributed by atoms with Crippen LogP contribution in [0, 0.1) is 5.92 Å². The molecule has 4 N–H and O–H groups in total. The van der Waals surface area contributed by atoms with Gasteiger partial charge in [0.05, 0.1) is 6.54 Å². The molecule has 226 valence electrons. The Balaban J connectivity index is 1.20. The van der Waals surface area contributed by atoms with Crippen molar-refractivity contribution in [1.29, 1.82) is 0 Å². The van der Waals surface area contributed by atoms with Crippen LogP contribution in [0.3, 0.4) is 0 Å². The number of aliphatic imine (C=N–C) groups is 1. The van der Waals surface area contributed by atoms with E-state index in [0.717, 1.165) is 98.3 Å². The van der Waals surface area contributed by atoms with Crippen LogP contribution in [0.1, 0.15) is 56.4 Å². The number of carbonyl (C=O) groups is 1. The zero-order valence-electron chi connectivity index (χ0n) is 25.5. The molecule has 0 spiro atoms. The van der Waals surface area contributed by atoms with Crippen molar-refractivity contribution < 1.29 is 4.79 Å². The summed E-state index contributed by atoms with van der Waals surface area (Å²) >= 11 is 0. The summed E-state index contributed by atoms with van der Waals surface area (Å²) in [5, 5.41) is 4.55. The van der Waals surface area contributed by atoms with Crippen LogP contribution in [-0.4, -0.2) is 69.2 Å².